The Morgan fingerprint density at radius 2 is 1.81 bits per heavy atom. The summed E-state index contributed by atoms with van der Waals surface area (Å²) in [7, 11) is 1.63. The quantitative estimate of drug-likeness (QED) is 0.342. The highest BCUT2D eigenvalue weighted by Gasteiger charge is 2.27. The van der Waals surface area contributed by atoms with E-state index in [1.54, 1.807) is 19.3 Å². The van der Waals surface area contributed by atoms with Gasteiger partial charge in [-0.25, -0.2) is 9.37 Å². The molecule has 2 aliphatic heterocycles. The van der Waals surface area contributed by atoms with E-state index in [0.717, 1.165) is 41.1 Å². The van der Waals surface area contributed by atoms with E-state index in [4.69, 9.17) is 19.2 Å². The molecule has 1 saturated heterocycles. The summed E-state index contributed by atoms with van der Waals surface area (Å²) >= 11 is 0. The number of fused-ring (bicyclic) bond motifs is 2. The Labute approximate surface area is 213 Å². The first-order valence-corrected chi connectivity index (χ1v) is 12.3. The van der Waals surface area contributed by atoms with Gasteiger partial charge in [-0.2, -0.15) is 0 Å². The molecule has 1 fully saturated rings. The highest BCUT2D eigenvalue weighted by Crippen LogP contribution is 2.39. The van der Waals surface area contributed by atoms with Crippen LogP contribution in [-0.4, -0.2) is 47.4 Å². The van der Waals surface area contributed by atoms with Crippen molar-refractivity contribution in [3.05, 3.63) is 78.1 Å². The highest BCUT2D eigenvalue weighted by molar-refractivity contribution is 5.92. The Balaban J connectivity index is 1.23. The molecule has 0 spiro atoms. The number of hydrogen-bond acceptors (Lipinski definition) is 5. The lowest BCUT2D eigenvalue weighted by Crippen LogP contribution is -2.38. The second-order valence-electron chi connectivity index (χ2n) is 9.17. The molecule has 0 unspecified atom stereocenters. The fourth-order valence-electron chi connectivity index (χ4n) is 5.01. The van der Waals surface area contributed by atoms with E-state index in [1.807, 2.05) is 53.4 Å². The first-order chi connectivity index (χ1) is 18.1. The van der Waals surface area contributed by atoms with Crippen molar-refractivity contribution in [1.82, 2.24) is 14.5 Å². The first kappa shape index (κ1) is 23.1. The summed E-state index contributed by atoms with van der Waals surface area (Å²) in [5, 5.41) is 0. The average molecular weight is 500 g/mol. The number of methoxy groups -OCH3 is 1. The van der Waals surface area contributed by atoms with Crippen LogP contribution in [0.2, 0.25) is 0 Å². The Kier molecular flexibility index (Phi) is 6.00. The topological polar surface area (TPSA) is 65.8 Å². The second kappa shape index (κ2) is 9.61. The van der Waals surface area contributed by atoms with Crippen LogP contribution in [0.15, 0.2) is 66.7 Å². The maximum atomic E-state index is 14.0. The lowest BCUT2D eigenvalue weighted by atomic mass is 10.0. The molecule has 1 aromatic heterocycles. The number of imidazole rings is 1. The van der Waals surface area contributed by atoms with Crippen molar-refractivity contribution < 1.29 is 23.4 Å². The van der Waals surface area contributed by atoms with Gasteiger partial charge in [-0.3, -0.25) is 4.79 Å². The van der Waals surface area contributed by atoms with E-state index in [0.29, 0.717) is 30.1 Å². The van der Waals surface area contributed by atoms with Crippen LogP contribution < -0.4 is 14.2 Å². The van der Waals surface area contributed by atoms with Gasteiger partial charge in [-0.05, 0) is 66.9 Å². The molecule has 2 aliphatic rings. The smallest absolute Gasteiger partial charge is 0.246 e. The summed E-state index contributed by atoms with van der Waals surface area (Å²) in [6.07, 6.45) is 4.98. The molecular formula is C29H26FN3O4. The Bertz CT molecular complexity index is 1490. The summed E-state index contributed by atoms with van der Waals surface area (Å²) in [4.78, 5) is 19.5. The van der Waals surface area contributed by atoms with Crippen molar-refractivity contribution in [2.24, 2.45) is 0 Å². The van der Waals surface area contributed by atoms with Gasteiger partial charge in [0, 0.05) is 36.8 Å². The normalized spacial score (nSPS) is 15.6. The predicted octanol–water partition coefficient (Wildman–Crippen LogP) is 5.46. The summed E-state index contributed by atoms with van der Waals surface area (Å²) in [6, 6.07) is 18.1. The Morgan fingerprint density at radius 3 is 2.59 bits per heavy atom. The SMILES string of the molecule is COc1ccc(/C=C/C(=O)N2CCC(n3c(-c4ccc5c(c4)OCO5)nc4cc(F)ccc43)CC2)cc1. The van der Waals surface area contributed by atoms with Crippen LogP contribution in [0.1, 0.15) is 24.4 Å². The van der Waals surface area contributed by atoms with E-state index in [9.17, 15) is 9.18 Å². The fourth-order valence-corrected chi connectivity index (χ4v) is 5.01. The number of carbonyl (C=O) groups is 1. The van der Waals surface area contributed by atoms with Crippen molar-refractivity contribution in [2.75, 3.05) is 27.0 Å². The van der Waals surface area contributed by atoms with Gasteiger partial charge in [0.15, 0.2) is 11.5 Å². The largest absolute Gasteiger partial charge is 0.497 e. The maximum Gasteiger partial charge on any atom is 0.246 e. The second-order valence-corrected chi connectivity index (χ2v) is 9.17. The predicted molar refractivity (Wildman–Crippen MR) is 138 cm³/mol. The van der Waals surface area contributed by atoms with Gasteiger partial charge in [0.25, 0.3) is 0 Å². The van der Waals surface area contributed by atoms with Crippen LogP contribution in [0.5, 0.6) is 17.2 Å². The van der Waals surface area contributed by atoms with Crippen molar-refractivity contribution in [3.63, 3.8) is 0 Å². The molecule has 4 aromatic rings. The molecule has 0 bridgehead atoms. The van der Waals surface area contributed by atoms with Gasteiger partial charge in [0.1, 0.15) is 17.4 Å². The fraction of sp³-hybridized carbons (Fsp3) is 0.241. The van der Waals surface area contributed by atoms with Crippen LogP contribution in [0.4, 0.5) is 4.39 Å². The number of carbonyl (C=O) groups excluding carboxylic acids is 1. The van der Waals surface area contributed by atoms with Crippen LogP contribution in [0.25, 0.3) is 28.5 Å². The van der Waals surface area contributed by atoms with Crippen LogP contribution >= 0.6 is 0 Å². The molecular weight excluding hydrogens is 473 g/mol. The summed E-state index contributed by atoms with van der Waals surface area (Å²) in [6.45, 7) is 1.44. The highest BCUT2D eigenvalue weighted by atomic mass is 19.1. The number of amides is 1. The van der Waals surface area contributed by atoms with Gasteiger partial charge >= 0.3 is 0 Å². The van der Waals surface area contributed by atoms with E-state index in [1.165, 1.54) is 12.1 Å². The standard InChI is InChI=1S/C29H26FN3O4/c1-35-23-7-2-19(3-8-23)4-11-28(34)32-14-12-22(13-15-32)33-25-9-6-21(30)17-24(25)31-29(33)20-5-10-26-27(16-20)37-18-36-26/h2-11,16-17,22H,12-15,18H2,1H3/b11-4+. The third-order valence-corrected chi connectivity index (χ3v) is 6.96. The Hall–Kier alpha value is -4.33. The number of ether oxygens (including phenoxy) is 3. The van der Waals surface area contributed by atoms with E-state index >= 15 is 0 Å². The average Bonchev–Trinajstić information content (AvgIpc) is 3.56. The van der Waals surface area contributed by atoms with E-state index < -0.39 is 0 Å². The lowest BCUT2D eigenvalue weighted by Gasteiger charge is -2.33. The molecule has 0 aliphatic carbocycles. The number of hydrogen-bond donors (Lipinski definition) is 0. The summed E-state index contributed by atoms with van der Waals surface area (Å²) < 4.78 is 32.4. The molecule has 6 rings (SSSR count). The molecule has 3 aromatic carbocycles. The molecule has 0 N–H and O–H groups in total. The number of piperidine rings is 1. The molecule has 1 amide bonds. The molecule has 0 saturated carbocycles. The van der Waals surface area contributed by atoms with Gasteiger partial charge in [-0.15, -0.1) is 0 Å². The number of benzene rings is 3. The zero-order valence-electron chi connectivity index (χ0n) is 20.4. The molecule has 0 radical (unpaired) electrons. The third kappa shape index (κ3) is 4.50. The number of likely N-dealkylation sites (tertiary alicyclic amines) is 1. The zero-order chi connectivity index (χ0) is 25.4. The minimum atomic E-state index is -0.321. The zero-order valence-corrected chi connectivity index (χ0v) is 20.4. The van der Waals surface area contributed by atoms with E-state index in [-0.39, 0.29) is 24.6 Å². The maximum absolute atomic E-state index is 14.0. The van der Waals surface area contributed by atoms with Gasteiger partial charge in [0.05, 0.1) is 18.1 Å². The minimum absolute atomic E-state index is 0.0113. The lowest BCUT2D eigenvalue weighted by molar-refractivity contribution is -0.127. The van der Waals surface area contributed by atoms with Crippen molar-refractivity contribution >= 4 is 23.0 Å². The number of aromatic nitrogens is 2. The van der Waals surface area contributed by atoms with Crippen LogP contribution in [0, 0.1) is 5.82 Å². The van der Waals surface area contributed by atoms with Crippen molar-refractivity contribution in [1.29, 1.82) is 0 Å². The van der Waals surface area contributed by atoms with Crippen LogP contribution in [-0.2, 0) is 4.79 Å². The summed E-state index contributed by atoms with van der Waals surface area (Å²) in [5.74, 6) is 2.57. The van der Waals surface area contributed by atoms with Gasteiger partial charge in [-0.1, -0.05) is 12.1 Å². The van der Waals surface area contributed by atoms with Gasteiger partial charge in [0.2, 0.25) is 12.7 Å². The Morgan fingerprint density at radius 1 is 1.03 bits per heavy atom. The molecule has 3 heterocycles. The third-order valence-electron chi connectivity index (χ3n) is 6.96. The van der Waals surface area contributed by atoms with Crippen molar-refractivity contribution in [2.45, 2.75) is 18.9 Å². The number of rotatable bonds is 5. The molecule has 188 valence electrons. The monoisotopic (exact) mass is 499 g/mol. The molecule has 37 heavy (non-hydrogen) atoms. The van der Waals surface area contributed by atoms with Gasteiger partial charge < -0.3 is 23.7 Å². The first-order valence-electron chi connectivity index (χ1n) is 12.3. The minimum Gasteiger partial charge on any atom is -0.497 e. The molecule has 8 heteroatoms. The van der Waals surface area contributed by atoms with E-state index in [2.05, 4.69) is 4.57 Å². The van der Waals surface area contributed by atoms with Crippen molar-refractivity contribution in [3.8, 4) is 28.6 Å². The summed E-state index contributed by atoms with van der Waals surface area (Å²) in [5.41, 5.74) is 3.29. The molecule has 7 nitrogen and oxygen atoms in total. The van der Waals surface area contributed by atoms with Crippen LogP contribution in [0.3, 0.4) is 0 Å². The number of halogens is 1. The number of nitrogens with zero attached hydrogens (tertiary/aromatic N) is 3. The molecule has 0 atom stereocenters.